The van der Waals surface area contributed by atoms with Crippen molar-refractivity contribution in [3.8, 4) is 0 Å². The lowest BCUT2D eigenvalue weighted by Gasteiger charge is -2.18. The highest BCUT2D eigenvalue weighted by atomic mass is 79.9. The molecule has 0 radical (unpaired) electrons. The van der Waals surface area contributed by atoms with Crippen LogP contribution in [0, 0.1) is 0 Å². The second kappa shape index (κ2) is 7.15. The van der Waals surface area contributed by atoms with Gasteiger partial charge in [0.2, 0.25) is 0 Å². The lowest BCUT2D eigenvalue weighted by molar-refractivity contribution is 0.367. The van der Waals surface area contributed by atoms with Gasteiger partial charge in [0.25, 0.3) is 0 Å². The summed E-state index contributed by atoms with van der Waals surface area (Å²) >= 11 is 3.56. The van der Waals surface area contributed by atoms with E-state index in [-0.39, 0.29) is 6.04 Å². The van der Waals surface area contributed by atoms with Crippen LogP contribution < -0.4 is 5.73 Å². The first-order chi connectivity index (χ1) is 10.0. The van der Waals surface area contributed by atoms with Gasteiger partial charge in [0.15, 0.2) is 0 Å². The monoisotopic (exact) mass is 351 g/mol. The molecule has 0 saturated carbocycles. The first kappa shape index (κ1) is 16.1. The van der Waals surface area contributed by atoms with E-state index < -0.39 is 0 Å². The number of halogens is 1. The maximum Gasteiger partial charge on any atom is 0.0911 e. The van der Waals surface area contributed by atoms with Crippen molar-refractivity contribution < 1.29 is 0 Å². The maximum absolute atomic E-state index is 6.48. The molecule has 0 aliphatic heterocycles. The molecule has 0 amide bonds. The van der Waals surface area contributed by atoms with Crippen LogP contribution in [0.2, 0.25) is 0 Å². The Hall–Kier alpha value is -1.24. The van der Waals surface area contributed by atoms with E-state index in [9.17, 15) is 0 Å². The maximum atomic E-state index is 6.48. The number of likely N-dealkylation sites (N-methyl/N-ethyl adjacent to an activating group) is 1. The van der Waals surface area contributed by atoms with Gasteiger partial charge in [0, 0.05) is 12.7 Å². The molecule has 2 aromatic heterocycles. The highest BCUT2D eigenvalue weighted by Gasteiger charge is 2.21. The summed E-state index contributed by atoms with van der Waals surface area (Å²) in [6.45, 7) is 3.83. The van der Waals surface area contributed by atoms with E-state index in [0.717, 1.165) is 35.4 Å². The topological polar surface area (TPSA) is 60.0 Å². The molecule has 114 valence electrons. The standard InChI is InChI=1S/C15H22BrN5/c1-4-11-6-5-7-18-14(11)13(17)15-12(16)10-19-21(15)9-8-20(2)3/h5-7,10,13H,4,8-9,17H2,1-3H3. The predicted octanol–water partition coefficient (Wildman–Crippen LogP) is 2.21. The van der Waals surface area contributed by atoms with Gasteiger partial charge < -0.3 is 10.6 Å². The molecule has 5 nitrogen and oxygen atoms in total. The zero-order valence-electron chi connectivity index (χ0n) is 12.8. The molecular formula is C15H22BrN5. The van der Waals surface area contributed by atoms with Crippen LogP contribution in [-0.4, -0.2) is 40.3 Å². The van der Waals surface area contributed by atoms with Crippen molar-refractivity contribution in [1.82, 2.24) is 19.7 Å². The molecule has 0 fully saturated rings. The van der Waals surface area contributed by atoms with E-state index in [0.29, 0.717) is 0 Å². The molecule has 2 N–H and O–H groups in total. The summed E-state index contributed by atoms with van der Waals surface area (Å²) in [6.07, 6.45) is 4.52. The molecule has 0 aliphatic rings. The Morgan fingerprint density at radius 2 is 2.19 bits per heavy atom. The Morgan fingerprint density at radius 3 is 2.86 bits per heavy atom. The van der Waals surface area contributed by atoms with E-state index in [1.54, 1.807) is 12.4 Å². The SMILES string of the molecule is CCc1cccnc1C(N)c1c(Br)cnn1CCN(C)C. The lowest BCUT2D eigenvalue weighted by atomic mass is 10.0. The summed E-state index contributed by atoms with van der Waals surface area (Å²) in [5.74, 6) is 0. The molecule has 2 heterocycles. The van der Waals surface area contributed by atoms with Gasteiger partial charge in [0.1, 0.15) is 0 Å². The molecule has 0 spiro atoms. The summed E-state index contributed by atoms with van der Waals surface area (Å²) in [7, 11) is 4.10. The van der Waals surface area contributed by atoms with Gasteiger partial charge in [-0.1, -0.05) is 13.0 Å². The molecule has 1 atom stereocenters. The minimum atomic E-state index is -0.278. The van der Waals surface area contributed by atoms with E-state index in [1.165, 1.54) is 5.56 Å². The van der Waals surface area contributed by atoms with Crippen LogP contribution in [0.1, 0.15) is 29.9 Å². The van der Waals surface area contributed by atoms with Crippen LogP contribution in [0.5, 0.6) is 0 Å². The fraction of sp³-hybridized carbons (Fsp3) is 0.467. The smallest absolute Gasteiger partial charge is 0.0911 e. The molecule has 0 aromatic carbocycles. The molecule has 0 saturated heterocycles. The van der Waals surface area contributed by atoms with Crippen LogP contribution in [0.3, 0.4) is 0 Å². The van der Waals surface area contributed by atoms with Crippen molar-refractivity contribution >= 4 is 15.9 Å². The number of nitrogens with zero attached hydrogens (tertiary/aromatic N) is 4. The van der Waals surface area contributed by atoms with Gasteiger partial charge in [0.05, 0.1) is 34.6 Å². The number of hydrogen-bond acceptors (Lipinski definition) is 4. The highest BCUT2D eigenvalue weighted by Crippen LogP contribution is 2.27. The molecule has 0 aliphatic carbocycles. The number of pyridine rings is 1. The minimum Gasteiger partial charge on any atom is -0.318 e. The second-order valence-corrected chi connectivity index (χ2v) is 6.14. The average Bonchev–Trinajstić information content (AvgIpc) is 2.85. The Labute approximate surface area is 134 Å². The van der Waals surface area contributed by atoms with Gasteiger partial charge in [-0.05, 0) is 48.1 Å². The molecule has 21 heavy (non-hydrogen) atoms. The summed E-state index contributed by atoms with van der Waals surface area (Å²) in [5.41, 5.74) is 9.56. The highest BCUT2D eigenvalue weighted by molar-refractivity contribution is 9.10. The largest absolute Gasteiger partial charge is 0.318 e. The molecule has 1 unspecified atom stereocenters. The Morgan fingerprint density at radius 1 is 1.43 bits per heavy atom. The van der Waals surface area contributed by atoms with Crippen molar-refractivity contribution in [3.63, 3.8) is 0 Å². The number of rotatable bonds is 6. The van der Waals surface area contributed by atoms with Gasteiger partial charge in [-0.3, -0.25) is 9.67 Å². The summed E-state index contributed by atoms with van der Waals surface area (Å²) < 4.78 is 2.89. The summed E-state index contributed by atoms with van der Waals surface area (Å²) in [6, 6.07) is 3.75. The second-order valence-electron chi connectivity index (χ2n) is 5.28. The molecule has 2 aromatic rings. The normalized spacial score (nSPS) is 12.9. The van der Waals surface area contributed by atoms with Crippen LogP contribution in [0.4, 0.5) is 0 Å². The van der Waals surface area contributed by atoms with E-state index in [1.807, 2.05) is 24.8 Å². The van der Waals surface area contributed by atoms with Gasteiger partial charge >= 0.3 is 0 Å². The van der Waals surface area contributed by atoms with Gasteiger partial charge in [-0.15, -0.1) is 0 Å². The Bertz CT molecular complexity index is 593. The fourth-order valence-corrected chi connectivity index (χ4v) is 2.86. The van der Waals surface area contributed by atoms with Crippen molar-refractivity contribution in [2.24, 2.45) is 5.73 Å². The van der Waals surface area contributed by atoms with Crippen LogP contribution in [-0.2, 0) is 13.0 Å². The zero-order chi connectivity index (χ0) is 15.4. The first-order valence-electron chi connectivity index (χ1n) is 7.09. The quantitative estimate of drug-likeness (QED) is 0.866. The third-order valence-corrected chi connectivity index (χ3v) is 4.10. The Kier molecular flexibility index (Phi) is 5.50. The number of hydrogen-bond donors (Lipinski definition) is 1. The zero-order valence-corrected chi connectivity index (χ0v) is 14.3. The van der Waals surface area contributed by atoms with Crippen LogP contribution >= 0.6 is 15.9 Å². The lowest BCUT2D eigenvalue weighted by Crippen LogP contribution is -2.24. The van der Waals surface area contributed by atoms with Gasteiger partial charge in [-0.2, -0.15) is 5.10 Å². The fourth-order valence-electron chi connectivity index (χ4n) is 2.31. The van der Waals surface area contributed by atoms with Crippen molar-refractivity contribution in [1.29, 1.82) is 0 Å². The van der Waals surface area contributed by atoms with Crippen LogP contribution in [0.15, 0.2) is 29.0 Å². The third-order valence-electron chi connectivity index (χ3n) is 3.49. The van der Waals surface area contributed by atoms with E-state index >= 15 is 0 Å². The molecule has 0 bridgehead atoms. The minimum absolute atomic E-state index is 0.278. The van der Waals surface area contributed by atoms with E-state index in [2.05, 4.69) is 43.9 Å². The average molecular weight is 352 g/mol. The van der Waals surface area contributed by atoms with Crippen LogP contribution in [0.25, 0.3) is 0 Å². The number of nitrogens with two attached hydrogens (primary N) is 1. The van der Waals surface area contributed by atoms with Crippen molar-refractivity contribution in [2.45, 2.75) is 25.9 Å². The summed E-state index contributed by atoms with van der Waals surface area (Å²) in [4.78, 5) is 6.61. The van der Waals surface area contributed by atoms with Crippen molar-refractivity contribution in [3.05, 3.63) is 46.0 Å². The van der Waals surface area contributed by atoms with Crippen molar-refractivity contribution in [2.75, 3.05) is 20.6 Å². The van der Waals surface area contributed by atoms with Gasteiger partial charge in [-0.25, -0.2) is 0 Å². The third kappa shape index (κ3) is 3.70. The molecule has 6 heteroatoms. The van der Waals surface area contributed by atoms with E-state index in [4.69, 9.17) is 5.73 Å². The predicted molar refractivity (Wildman–Crippen MR) is 88.1 cm³/mol. The molecule has 2 rings (SSSR count). The molecular weight excluding hydrogens is 330 g/mol. The first-order valence-corrected chi connectivity index (χ1v) is 7.89. The summed E-state index contributed by atoms with van der Waals surface area (Å²) in [5, 5.41) is 4.43. The number of aromatic nitrogens is 3. The number of aryl methyl sites for hydroxylation is 1. The Balaban J connectivity index is 2.34.